The molecular weight excluding hydrogens is 523 g/mol. The number of hydrogen-bond acceptors (Lipinski definition) is 3. The van der Waals surface area contributed by atoms with Gasteiger partial charge >= 0.3 is 178 Å². The molecular formula is C19H19F3OS2Se2. The van der Waals surface area contributed by atoms with Gasteiger partial charge in [0.25, 0.3) is 0 Å². The van der Waals surface area contributed by atoms with Gasteiger partial charge < -0.3 is 0 Å². The van der Waals surface area contributed by atoms with Crippen LogP contribution in [0.5, 0.6) is 0 Å². The van der Waals surface area contributed by atoms with Crippen molar-refractivity contribution in [1.29, 1.82) is 0 Å². The van der Waals surface area contributed by atoms with Crippen LogP contribution >= 0.6 is 23.5 Å². The molecule has 3 heterocycles. The number of rotatable bonds is 2. The van der Waals surface area contributed by atoms with Gasteiger partial charge in [0.05, 0.1) is 0 Å². The summed E-state index contributed by atoms with van der Waals surface area (Å²) < 4.78 is 41.0. The van der Waals surface area contributed by atoms with Crippen LogP contribution in [0.3, 0.4) is 0 Å². The molecule has 1 unspecified atom stereocenters. The fraction of sp³-hybridized carbons (Fsp3) is 0.526. The number of halogens is 3. The molecule has 27 heavy (non-hydrogen) atoms. The van der Waals surface area contributed by atoms with Crippen molar-refractivity contribution in [2.45, 2.75) is 47.9 Å². The van der Waals surface area contributed by atoms with E-state index in [1.807, 2.05) is 52.0 Å². The van der Waals surface area contributed by atoms with Crippen LogP contribution in [0.1, 0.15) is 36.6 Å². The van der Waals surface area contributed by atoms with Gasteiger partial charge in [0.1, 0.15) is 0 Å². The third-order valence-electron chi connectivity index (χ3n) is 5.96. The summed E-state index contributed by atoms with van der Waals surface area (Å²) >= 11 is 2.06. The molecule has 4 rings (SSSR count). The van der Waals surface area contributed by atoms with E-state index in [0.29, 0.717) is 0 Å². The van der Waals surface area contributed by atoms with Crippen molar-refractivity contribution >= 4 is 58.3 Å². The van der Waals surface area contributed by atoms with Gasteiger partial charge in [-0.05, 0) is 0 Å². The molecule has 0 aromatic carbocycles. The van der Waals surface area contributed by atoms with Crippen LogP contribution in [0.4, 0.5) is 13.2 Å². The van der Waals surface area contributed by atoms with Gasteiger partial charge in [-0.3, -0.25) is 0 Å². The molecule has 1 nitrogen and oxygen atoms in total. The van der Waals surface area contributed by atoms with Crippen molar-refractivity contribution in [3.63, 3.8) is 0 Å². The predicted molar refractivity (Wildman–Crippen MR) is 108 cm³/mol. The van der Waals surface area contributed by atoms with Crippen LogP contribution in [-0.4, -0.2) is 50.3 Å². The second-order valence-electron chi connectivity index (χ2n) is 8.01. The van der Waals surface area contributed by atoms with Crippen molar-refractivity contribution in [3.05, 3.63) is 43.0 Å². The van der Waals surface area contributed by atoms with Crippen LogP contribution < -0.4 is 0 Å². The molecule has 2 aliphatic rings. The summed E-state index contributed by atoms with van der Waals surface area (Å²) in [4.78, 5) is 17.2. The number of alkyl halides is 3. The van der Waals surface area contributed by atoms with Gasteiger partial charge in [-0.25, -0.2) is 0 Å². The molecule has 1 saturated carbocycles. The third kappa shape index (κ3) is 2.32. The summed E-state index contributed by atoms with van der Waals surface area (Å²) in [7, 11) is 0. The monoisotopic (exact) mass is 544 g/mol. The maximum atomic E-state index is 14.0. The molecule has 2 fully saturated rings. The molecule has 0 amide bonds. The van der Waals surface area contributed by atoms with E-state index >= 15 is 0 Å². The van der Waals surface area contributed by atoms with Crippen molar-refractivity contribution < 1.29 is 18.0 Å². The summed E-state index contributed by atoms with van der Waals surface area (Å²) in [6, 6.07) is 7.96. The summed E-state index contributed by atoms with van der Waals surface area (Å²) in [6.07, 6.45) is -4.31. The van der Waals surface area contributed by atoms with E-state index < -0.39 is 31.1 Å². The first-order valence-corrected chi connectivity index (χ1v) is 13.9. The minimum atomic E-state index is -4.31. The first-order chi connectivity index (χ1) is 12.4. The molecule has 0 N–H and O–H groups in total. The molecule has 1 atom stereocenters. The quantitative estimate of drug-likeness (QED) is 0.509. The van der Waals surface area contributed by atoms with Gasteiger partial charge in [-0.2, -0.15) is 0 Å². The second-order valence-corrected chi connectivity index (χ2v) is 14.9. The van der Waals surface area contributed by atoms with Gasteiger partial charge in [0, 0.05) is 0 Å². The Morgan fingerprint density at radius 1 is 0.926 bits per heavy atom. The topological polar surface area (TPSA) is 17.1 Å². The van der Waals surface area contributed by atoms with Gasteiger partial charge in [-0.1, -0.05) is 0 Å². The average molecular weight is 542 g/mol. The Labute approximate surface area is 177 Å². The van der Waals surface area contributed by atoms with E-state index in [4.69, 9.17) is 0 Å². The van der Waals surface area contributed by atoms with Crippen molar-refractivity contribution in [2.24, 2.45) is 10.8 Å². The molecule has 8 heteroatoms. The number of carbonyl (C=O) groups excluding carboxylic acids is 1. The molecule has 146 valence electrons. The number of Topliss-reactive ketones (excluding diaryl/α,β-unsaturated/α-hetero) is 1. The van der Waals surface area contributed by atoms with Crippen LogP contribution in [0, 0.1) is 10.8 Å². The van der Waals surface area contributed by atoms with E-state index in [2.05, 4.69) is 9.88 Å². The molecule has 0 bridgehead atoms. The molecule has 1 spiro atoms. The van der Waals surface area contributed by atoms with E-state index in [1.54, 1.807) is 0 Å². The van der Waals surface area contributed by atoms with E-state index in [0.717, 1.165) is 32.4 Å². The minimum absolute atomic E-state index is 0.00531. The molecule has 2 aromatic rings. The summed E-state index contributed by atoms with van der Waals surface area (Å²) in [6.45, 7) is 7.42. The Morgan fingerprint density at radius 3 is 1.78 bits per heavy atom. The molecule has 2 aromatic heterocycles. The molecule has 1 aliphatic carbocycles. The van der Waals surface area contributed by atoms with Gasteiger partial charge in [0.15, 0.2) is 0 Å². The van der Waals surface area contributed by atoms with Crippen molar-refractivity contribution in [1.82, 2.24) is 0 Å². The van der Waals surface area contributed by atoms with Crippen molar-refractivity contribution in [2.75, 3.05) is 0 Å². The Bertz CT molecular complexity index is 817. The van der Waals surface area contributed by atoms with Crippen LogP contribution in [-0.2, 0) is 9.54 Å². The van der Waals surface area contributed by atoms with Crippen LogP contribution in [0.2, 0.25) is 0 Å². The average Bonchev–Trinajstić information content (AvgIpc) is 3.30. The Morgan fingerprint density at radius 2 is 1.41 bits per heavy atom. The zero-order valence-electron chi connectivity index (χ0n) is 15.2. The number of carbonyl (C=O) groups is 1. The number of hydrogen-bond donors (Lipinski definition) is 0. The third-order valence-corrected chi connectivity index (χ3v) is 15.1. The Hall–Kier alpha value is 0.159. The molecule has 1 aliphatic heterocycles. The van der Waals surface area contributed by atoms with Crippen LogP contribution in [0.15, 0.2) is 34.1 Å². The van der Waals surface area contributed by atoms with Crippen molar-refractivity contribution in [3.8, 4) is 0 Å². The zero-order valence-corrected chi connectivity index (χ0v) is 20.3. The van der Waals surface area contributed by atoms with Crippen LogP contribution in [0.25, 0.3) is 0 Å². The zero-order chi connectivity index (χ0) is 19.9. The fourth-order valence-electron chi connectivity index (χ4n) is 5.18. The standard InChI is InChI=1S/C19H19F3OS2Se2/c1-15(2)13(23)16(3,4)19(15)17(11-7-5-9-26-11,12-8-6-10-27-12)24-14(25-19)18(20,21)22/h5-10,14H,1-4H3. The first kappa shape index (κ1) is 20.4. The van der Waals surface area contributed by atoms with E-state index in [9.17, 15) is 18.0 Å². The van der Waals surface area contributed by atoms with Gasteiger partial charge in [0.2, 0.25) is 0 Å². The maximum absolute atomic E-state index is 14.0. The van der Waals surface area contributed by atoms with E-state index in [-0.39, 0.29) is 34.8 Å². The molecule has 1 saturated heterocycles. The van der Waals surface area contributed by atoms with E-state index in [1.165, 1.54) is 0 Å². The summed E-state index contributed by atoms with van der Waals surface area (Å²) in [5.74, 6) is 0.0633. The SMILES string of the molecule is CC1(C)C(=O)C(C)(C)C12SC(C(F)(F)F)SC2(c1ccc[se]1)c1ccc[se]1. The number of thioether (sulfide) groups is 2. The number of ketones is 1. The molecule has 0 radical (unpaired) electrons. The Kier molecular flexibility index (Phi) is 4.61. The normalized spacial score (nSPS) is 27.7. The Balaban J connectivity index is 2.07. The summed E-state index contributed by atoms with van der Waals surface area (Å²) in [5.41, 5.74) is -1.65. The summed E-state index contributed by atoms with van der Waals surface area (Å²) in [5, 5.41) is 0. The second kappa shape index (κ2) is 6.09. The predicted octanol–water partition coefficient (Wildman–Crippen LogP) is 4.79. The first-order valence-electron chi connectivity index (χ1n) is 8.48. The fourth-order valence-corrected chi connectivity index (χ4v) is 15.1. The van der Waals surface area contributed by atoms with Gasteiger partial charge in [-0.15, -0.1) is 0 Å².